The Morgan fingerprint density at radius 1 is 1.32 bits per heavy atom. The molecule has 128 valence electrons. The summed E-state index contributed by atoms with van der Waals surface area (Å²) in [6, 6.07) is 9.22. The molecule has 0 atom stereocenters. The van der Waals surface area contributed by atoms with Crippen LogP contribution in [0.15, 0.2) is 50.8 Å². The van der Waals surface area contributed by atoms with Crippen LogP contribution in [0.2, 0.25) is 5.02 Å². The highest BCUT2D eigenvalue weighted by atomic mass is 79.9. The Hall–Kier alpha value is -1.83. The fraction of sp³-hybridized carbons (Fsp3) is 0.0588. The predicted molar refractivity (Wildman–Crippen MR) is 103 cm³/mol. The van der Waals surface area contributed by atoms with Gasteiger partial charge in [0.1, 0.15) is 5.82 Å². The second-order valence-electron chi connectivity index (χ2n) is 4.98. The first-order valence-electron chi connectivity index (χ1n) is 7.04. The van der Waals surface area contributed by atoms with Gasteiger partial charge in [0, 0.05) is 0 Å². The Morgan fingerprint density at radius 2 is 2.04 bits per heavy atom. The van der Waals surface area contributed by atoms with Gasteiger partial charge in [0.2, 0.25) is 0 Å². The second kappa shape index (κ2) is 7.59. The number of benzene rings is 2. The van der Waals surface area contributed by atoms with Gasteiger partial charge in [0.25, 0.3) is 5.91 Å². The number of ether oxygens (including phenoxy) is 1. The number of amidine groups is 1. The Kier molecular flexibility index (Phi) is 5.46. The molecule has 25 heavy (non-hydrogen) atoms. The molecule has 4 nitrogen and oxygen atoms in total. The van der Waals surface area contributed by atoms with Crippen molar-refractivity contribution in [2.24, 2.45) is 4.99 Å². The normalized spacial score (nSPS) is 17.2. The van der Waals surface area contributed by atoms with Gasteiger partial charge in [-0.2, -0.15) is 0 Å². The molecule has 8 heteroatoms. The number of hydrogen-bond acceptors (Lipinski definition) is 4. The first-order chi connectivity index (χ1) is 12.0. The van der Waals surface area contributed by atoms with E-state index in [4.69, 9.17) is 16.3 Å². The maximum atomic E-state index is 12.9. The van der Waals surface area contributed by atoms with Crippen LogP contribution in [0.5, 0.6) is 5.75 Å². The molecule has 0 unspecified atom stereocenters. The van der Waals surface area contributed by atoms with Crippen LogP contribution in [0.1, 0.15) is 5.56 Å². The molecule has 0 spiro atoms. The van der Waals surface area contributed by atoms with Crippen molar-refractivity contribution < 1.29 is 13.9 Å². The van der Waals surface area contributed by atoms with Gasteiger partial charge in [-0.3, -0.25) is 4.79 Å². The number of methoxy groups -OCH3 is 1. The number of nitrogens with zero attached hydrogens (tertiary/aromatic N) is 1. The molecule has 1 saturated heterocycles. The third kappa shape index (κ3) is 4.23. The Balaban J connectivity index is 1.85. The monoisotopic (exact) mass is 440 g/mol. The molecule has 2 aromatic carbocycles. The van der Waals surface area contributed by atoms with Crippen LogP contribution in [0.4, 0.5) is 10.1 Å². The number of nitrogens with one attached hydrogen (secondary N) is 1. The highest BCUT2D eigenvalue weighted by Gasteiger charge is 2.24. The van der Waals surface area contributed by atoms with Gasteiger partial charge < -0.3 is 10.1 Å². The minimum Gasteiger partial charge on any atom is -0.494 e. The Labute approximate surface area is 161 Å². The van der Waals surface area contributed by atoms with E-state index in [9.17, 15) is 9.18 Å². The van der Waals surface area contributed by atoms with Crippen LogP contribution >= 0.6 is 39.3 Å². The van der Waals surface area contributed by atoms with E-state index in [0.29, 0.717) is 31.0 Å². The highest BCUT2D eigenvalue weighted by Crippen LogP contribution is 2.36. The number of rotatable bonds is 3. The summed E-state index contributed by atoms with van der Waals surface area (Å²) in [5, 5.41) is 3.55. The molecule has 0 aromatic heterocycles. The largest absolute Gasteiger partial charge is 0.494 e. The lowest BCUT2D eigenvalue weighted by molar-refractivity contribution is -0.115. The van der Waals surface area contributed by atoms with Crippen LogP contribution < -0.4 is 10.1 Å². The zero-order chi connectivity index (χ0) is 18.0. The molecule has 0 aliphatic carbocycles. The Morgan fingerprint density at radius 3 is 2.68 bits per heavy atom. The Bertz CT molecular complexity index is 877. The van der Waals surface area contributed by atoms with Crippen LogP contribution in [-0.2, 0) is 4.79 Å². The van der Waals surface area contributed by atoms with Crippen molar-refractivity contribution in [1.82, 2.24) is 5.32 Å². The second-order valence-corrected chi connectivity index (χ2v) is 7.27. The molecule has 0 radical (unpaired) electrons. The van der Waals surface area contributed by atoms with Gasteiger partial charge in [0.05, 0.1) is 27.2 Å². The lowest BCUT2D eigenvalue weighted by Gasteiger charge is -2.07. The van der Waals surface area contributed by atoms with E-state index in [0.717, 1.165) is 5.56 Å². The predicted octanol–water partition coefficient (Wildman–Crippen LogP) is 5.14. The molecule has 0 saturated carbocycles. The molecule has 1 aliphatic heterocycles. The summed E-state index contributed by atoms with van der Waals surface area (Å²) >= 11 is 10.7. The summed E-state index contributed by atoms with van der Waals surface area (Å²) in [5.74, 6) is -0.0607. The SMILES string of the molecule is COc1c(Cl)cc(C=C2SC(=Nc3ccc(F)cc3)NC2=O)cc1Br. The van der Waals surface area contributed by atoms with Gasteiger partial charge in [-0.05, 0) is 75.7 Å². The van der Waals surface area contributed by atoms with Crippen molar-refractivity contribution in [1.29, 1.82) is 0 Å². The molecule has 1 aliphatic rings. The maximum Gasteiger partial charge on any atom is 0.264 e. The van der Waals surface area contributed by atoms with E-state index in [-0.39, 0.29) is 11.7 Å². The van der Waals surface area contributed by atoms with Gasteiger partial charge in [0.15, 0.2) is 10.9 Å². The van der Waals surface area contributed by atoms with E-state index in [1.807, 2.05) is 0 Å². The van der Waals surface area contributed by atoms with Crippen LogP contribution in [0.25, 0.3) is 6.08 Å². The molecule has 3 rings (SSSR count). The molecule has 1 heterocycles. The molecular formula is C17H11BrClFN2O2S. The molecule has 1 fully saturated rings. The van der Waals surface area contributed by atoms with Gasteiger partial charge in [-0.25, -0.2) is 9.38 Å². The fourth-order valence-electron chi connectivity index (χ4n) is 2.12. The van der Waals surface area contributed by atoms with Crippen molar-refractivity contribution in [2.75, 3.05) is 7.11 Å². The topological polar surface area (TPSA) is 50.7 Å². The molecular weight excluding hydrogens is 431 g/mol. The zero-order valence-electron chi connectivity index (χ0n) is 12.8. The lowest BCUT2D eigenvalue weighted by Crippen LogP contribution is -2.19. The average Bonchev–Trinajstić information content (AvgIpc) is 2.89. The summed E-state index contributed by atoms with van der Waals surface area (Å²) in [7, 11) is 1.53. The van der Waals surface area contributed by atoms with Crippen LogP contribution in [0, 0.1) is 5.82 Å². The van der Waals surface area contributed by atoms with Gasteiger partial charge in [-0.15, -0.1) is 0 Å². The van der Waals surface area contributed by atoms with Crippen molar-refractivity contribution in [3.05, 3.63) is 62.2 Å². The van der Waals surface area contributed by atoms with Crippen molar-refractivity contribution in [3.8, 4) is 5.75 Å². The van der Waals surface area contributed by atoms with E-state index in [1.165, 1.54) is 43.1 Å². The third-order valence-corrected chi connectivity index (χ3v) is 5.01. The molecule has 1 amide bonds. The first-order valence-corrected chi connectivity index (χ1v) is 9.03. The number of carbonyl (C=O) groups is 1. The van der Waals surface area contributed by atoms with Crippen molar-refractivity contribution in [2.45, 2.75) is 0 Å². The summed E-state index contributed by atoms with van der Waals surface area (Å²) in [6.07, 6.45) is 1.71. The van der Waals surface area contributed by atoms with E-state index >= 15 is 0 Å². The number of halogens is 3. The minimum absolute atomic E-state index is 0.256. The standard InChI is InChI=1S/C17H11BrClFN2O2S/c1-24-15-12(18)6-9(7-13(15)19)8-14-16(23)22-17(25-14)21-11-4-2-10(20)3-5-11/h2-8H,1H3,(H,21,22,23). The molecule has 0 bridgehead atoms. The zero-order valence-corrected chi connectivity index (χ0v) is 16.0. The average molecular weight is 442 g/mol. The van der Waals surface area contributed by atoms with Crippen LogP contribution in [0.3, 0.4) is 0 Å². The van der Waals surface area contributed by atoms with E-state index in [2.05, 4.69) is 26.2 Å². The molecule has 1 N–H and O–H groups in total. The summed E-state index contributed by atoms with van der Waals surface area (Å²) in [4.78, 5) is 16.9. The first kappa shape index (κ1) is 18.0. The smallest absolute Gasteiger partial charge is 0.264 e. The number of hydrogen-bond donors (Lipinski definition) is 1. The lowest BCUT2D eigenvalue weighted by atomic mass is 10.2. The quantitative estimate of drug-likeness (QED) is 0.671. The third-order valence-electron chi connectivity index (χ3n) is 3.23. The minimum atomic E-state index is -0.338. The van der Waals surface area contributed by atoms with Crippen LogP contribution in [-0.4, -0.2) is 18.2 Å². The summed E-state index contributed by atoms with van der Waals surface area (Å²) in [5.41, 5.74) is 1.30. The fourth-order valence-corrected chi connectivity index (χ4v) is 4.02. The van der Waals surface area contributed by atoms with Gasteiger partial charge in [-0.1, -0.05) is 11.6 Å². The van der Waals surface area contributed by atoms with Crippen molar-refractivity contribution in [3.63, 3.8) is 0 Å². The summed E-state index contributed by atoms with van der Waals surface area (Å²) < 4.78 is 18.8. The van der Waals surface area contributed by atoms with Gasteiger partial charge >= 0.3 is 0 Å². The number of carbonyl (C=O) groups excluding carboxylic acids is 1. The molecule has 2 aromatic rings. The highest BCUT2D eigenvalue weighted by molar-refractivity contribution is 9.10. The number of aliphatic imine (C=N–C) groups is 1. The maximum absolute atomic E-state index is 12.9. The number of amides is 1. The van der Waals surface area contributed by atoms with Crippen molar-refractivity contribution >= 4 is 62.1 Å². The number of thioether (sulfide) groups is 1. The van der Waals surface area contributed by atoms with E-state index < -0.39 is 0 Å². The summed E-state index contributed by atoms with van der Waals surface area (Å²) in [6.45, 7) is 0. The van der Waals surface area contributed by atoms with E-state index in [1.54, 1.807) is 18.2 Å².